The fourth-order valence-electron chi connectivity index (χ4n) is 3.33. The van der Waals surface area contributed by atoms with E-state index in [2.05, 4.69) is 19.9 Å². The normalized spacial score (nSPS) is 11.2. The molecule has 1 N–H and O–H groups in total. The lowest BCUT2D eigenvalue weighted by Gasteiger charge is -2.16. The molecule has 35 heavy (non-hydrogen) atoms. The summed E-state index contributed by atoms with van der Waals surface area (Å²) in [6.07, 6.45) is 0. The number of carbonyl (C=O) groups is 1. The van der Waals surface area contributed by atoms with E-state index in [1.54, 1.807) is 53.9 Å². The van der Waals surface area contributed by atoms with Crippen LogP contribution in [0.1, 0.15) is 16.2 Å². The molecule has 0 radical (unpaired) electrons. The Morgan fingerprint density at radius 3 is 2.26 bits per heavy atom. The van der Waals surface area contributed by atoms with Gasteiger partial charge in [-0.1, -0.05) is 47.7 Å². The van der Waals surface area contributed by atoms with Crippen LogP contribution >= 0.6 is 11.3 Å². The molecule has 2 aromatic carbocycles. The van der Waals surface area contributed by atoms with Gasteiger partial charge in [-0.25, -0.2) is 13.1 Å². The average molecular weight is 516 g/mol. The molecule has 2 heterocycles. The standard InChI is InChI=1S/C22H21N5O6S2/c1-31-16-10-7-11-17(32-2)18(16)27-19(15-12-34-22(23-15)33-3)24-25-20(27)21(28)26-35(29,30)13-14-8-5-4-6-9-14/h4-12H,13H2,1-3H3,(H,26,28). The molecule has 2 aromatic heterocycles. The lowest BCUT2D eigenvalue weighted by atomic mass is 10.2. The summed E-state index contributed by atoms with van der Waals surface area (Å²) in [4.78, 5) is 17.6. The highest BCUT2D eigenvalue weighted by molar-refractivity contribution is 7.89. The molecule has 0 atom stereocenters. The van der Waals surface area contributed by atoms with Gasteiger partial charge in [0, 0.05) is 5.38 Å². The van der Waals surface area contributed by atoms with Crippen LogP contribution in [0.5, 0.6) is 16.7 Å². The second kappa shape index (κ2) is 10.1. The number of hydrogen-bond donors (Lipinski definition) is 1. The first kappa shape index (κ1) is 24.2. The zero-order valence-corrected chi connectivity index (χ0v) is 20.6. The topological polar surface area (TPSA) is 135 Å². The number of benzene rings is 2. The molecular formula is C22H21N5O6S2. The van der Waals surface area contributed by atoms with Crippen molar-refractivity contribution in [1.82, 2.24) is 24.5 Å². The molecule has 0 aliphatic carbocycles. The number of sulfonamides is 1. The Kier molecular flexibility index (Phi) is 6.98. The largest absolute Gasteiger partial charge is 0.494 e. The quantitative estimate of drug-likeness (QED) is 0.357. The minimum Gasteiger partial charge on any atom is -0.494 e. The first-order valence-electron chi connectivity index (χ1n) is 10.1. The van der Waals surface area contributed by atoms with Crippen molar-refractivity contribution in [2.24, 2.45) is 0 Å². The highest BCUT2D eigenvalue weighted by atomic mass is 32.2. The smallest absolute Gasteiger partial charge is 0.303 e. The predicted molar refractivity (Wildman–Crippen MR) is 129 cm³/mol. The second-order valence-electron chi connectivity index (χ2n) is 7.07. The van der Waals surface area contributed by atoms with E-state index in [0.717, 1.165) is 0 Å². The molecule has 182 valence electrons. The third-order valence-corrected chi connectivity index (χ3v) is 6.84. The van der Waals surface area contributed by atoms with E-state index >= 15 is 0 Å². The van der Waals surface area contributed by atoms with Crippen LogP contribution in [0.25, 0.3) is 17.2 Å². The van der Waals surface area contributed by atoms with Crippen molar-refractivity contribution in [2.45, 2.75) is 5.75 Å². The molecule has 0 aliphatic rings. The minimum absolute atomic E-state index is 0.165. The van der Waals surface area contributed by atoms with Gasteiger partial charge in [0.05, 0.1) is 27.1 Å². The van der Waals surface area contributed by atoms with Gasteiger partial charge in [-0.05, 0) is 17.7 Å². The molecule has 0 aliphatic heterocycles. The van der Waals surface area contributed by atoms with Crippen molar-refractivity contribution in [3.8, 4) is 33.9 Å². The Morgan fingerprint density at radius 2 is 1.66 bits per heavy atom. The highest BCUT2D eigenvalue weighted by Crippen LogP contribution is 2.37. The van der Waals surface area contributed by atoms with Crippen LogP contribution in [0.2, 0.25) is 0 Å². The Hall–Kier alpha value is -3.97. The summed E-state index contributed by atoms with van der Waals surface area (Å²) in [7, 11) is 0.348. The number of carbonyl (C=O) groups excluding carboxylic acids is 1. The van der Waals surface area contributed by atoms with Crippen LogP contribution in [0.15, 0.2) is 53.9 Å². The molecule has 13 heteroatoms. The number of ether oxygens (including phenoxy) is 3. The van der Waals surface area contributed by atoms with E-state index in [1.807, 2.05) is 0 Å². The third-order valence-electron chi connectivity index (χ3n) is 4.83. The van der Waals surface area contributed by atoms with Gasteiger partial charge < -0.3 is 14.2 Å². The fraction of sp³-hybridized carbons (Fsp3) is 0.182. The van der Waals surface area contributed by atoms with Crippen LogP contribution in [0.4, 0.5) is 0 Å². The SMILES string of the molecule is COc1nc(-c2nnc(C(=O)NS(=O)(=O)Cc3ccccc3)n2-c2c(OC)cccc2OC)cs1. The van der Waals surface area contributed by atoms with Crippen LogP contribution in [-0.4, -0.2) is 55.4 Å². The number of amides is 1. The molecule has 1 amide bonds. The van der Waals surface area contributed by atoms with Crippen LogP contribution in [0.3, 0.4) is 0 Å². The maximum atomic E-state index is 13.2. The summed E-state index contributed by atoms with van der Waals surface area (Å²) in [6, 6.07) is 13.5. The molecule has 0 spiro atoms. The molecule has 0 unspecified atom stereocenters. The molecule has 0 saturated heterocycles. The molecule has 11 nitrogen and oxygen atoms in total. The van der Waals surface area contributed by atoms with Crippen LogP contribution in [-0.2, 0) is 15.8 Å². The fourth-order valence-corrected chi connectivity index (χ4v) is 5.03. The summed E-state index contributed by atoms with van der Waals surface area (Å²) >= 11 is 1.22. The van der Waals surface area contributed by atoms with E-state index in [4.69, 9.17) is 14.2 Å². The van der Waals surface area contributed by atoms with Crippen molar-refractivity contribution >= 4 is 27.3 Å². The van der Waals surface area contributed by atoms with Crippen molar-refractivity contribution in [1.29, 1.82) is 0 Å². The summed E-state index contributed by atoms with van der Waals surface area (Å²) in [5, 5.41) is 10.2. The number of nitrogens with one attached hydrogen (secondary N) is 1. The van der Waals surface area contributed by atoms with Gasteiger partial charge >= 0.3 is 5.91 Å². The summed E-state index contributed by atoms with van der Waals surface area (Å²) in [5.41, 5.74) is 1.18. The van der Waals surface area contributed by atoms with Crippen molar-refractivity contribution < 1.29 is 27.4 Å². The first-order chi connectivity index (χ1) is 16.9. The number of rotatable bonds is 9. The predicted octanol–water partition coefficient (Wildman–Crippen LogP) is 2.68. The number of thiazole rings is 1. The first-order valence-corrected chi connectivity index (χ1v) is 12.7. The van der Waals surface area contributed by atoms with Crippen molar-refractivity contribution in [3.05, 3.63) is 65.3 Å². The van der Waals surface area contributed by atoms with Gasteiger partial charge in [-0.2, -0.15) is 4.98 Å². The van der Waals surface area contributed by atoms with E-state index in [0.29, 0.717) is 33.6 Å². The number of aromatic nitrogens is 4. The zero-order valence-electron chi connectivity index (χ0n) is 19.0. The zero-order chi connectivity index (χ0) is 25.0. The number of hydrogen-bond acceptors (Lipinski definition) is 10. The molecule has 4 rings (SSSR count). The van der Waals surface area contributed by atoms with Gasteiger partial charge in [0.15, 0.2) is 5.82 Å². The Bertz CT molecular complexity index is 1430. The monoisotopic (exact) mass is 515 g/mol. The van der Waals surface area contributed by atoms with Gasteiger partial charge in [-0.15, -0.1) is 10.2 Å². The Balaban J connectivity index is 1.82. The Labute approximate surface area is 205 Å². The summed E-state index contributed by atoms with van der Waals surface area (Å²) in [5.74, 6) is -0.816. The van der Waals surface area contributed by atoms with Crippen molar-refractivity contribution in [2.75, 3.05) is 21.3 Å². The lowest BCUT2D eigenvalue weighted by molar-refractivity contribution is 0.0969. The van der Waals surface area contributed by atoms with E-state index < -0.39 is 15.9 Å². The molecular weight excluding hydrogens is 494 g/mol. The third kappa shape index (κ3) is 5.10. The van der Waals surface area contributed by atoms with Crippen LogP contribution in [0, 0.1) is 0 Å². The average Bonchev–Trinajstić information content (AvgIpc) is 3.50. The second-order valence-corrected chi connectivity index (χ2v) is 9.62. The van der Waals surface area contributed by atoms with Gasteiger partial charge in [-0.3, -0.25) is 9.36 Å². The minimum atomic E-state index is -4.04. The molecule has 4 aromatic rings. The molecule has 0 fully saturated rings. The highest BCUT2D eigenvalue weighted by Gasteiger charge is 2.29. The maximum Gasteiger partial charge on any atom is 0.303 e. The number of para-hydroxylation sites is 1. The molecule has 0 bridgehead atoms. The van der Waals surface area contributed by atoms with Crippen molar-refractivity contribution in [3.63, 3.8) is 0 Å². The van der Waals surface area contributed by atoms with Crippen LogP contribution < -0.4 is 18.9 Å². The summed E-state index contributed by atoms with van der Waals surface area (Å²) in [6.45, 7) is 0. The Morgan fingerprint density at radius 1 is 0.971 bits per heavy atom. The number of nitrogens with zero attached hydrogens (tertiary/aromatic N) is 4. The van der Waals surface area contributed by atoms with Gasteiger partial charge in [0.2, 0.25) is 15.8 Å². The van der Waals surface area contributed by atoms with E-state index in [1.165, 1.54) is 37.2 Å². The lowest BCUT2D eigenvalue weighted by Crippen LogP contribution is -2.33. The maximum absolute atomic E-state index is 13.2. The summed E-state index contributed by atoms with van der Waals surface area (Å²) < 4.78 is 45.0. The number of methoxy groups -OCH3 is 3. The van der Waals surface area contributed by atoms with E-state index in [-0.39, 0.29) is 17.4 Å². The van der Waals surface area contributed by atoms with Gasteiger partial charge in [0.1, 0.15) is 22.9 Å². The van der Waals surface area contributed by atoms with Gasteiger partial charge in [0.25, 0.3) is 5.19 Å². The molecule has 0 saturated carbocycles. The van der Waals surface area contributed by atoms with E-state index in [9.17, 15) is 13.2 Å².